The number of nitrogens with zero attached hydrogens (tertiary/aromatic N) is 6. The summed E-state index contributed by atoms with van der Waals surface area (Å²) in [6, 6.07) is 13.2. The summed E-state index contributed by atoms with van der Waals surface area (Å²) in [6.07, 6.45) is 0.852. The molecular formula is C31H29ClN6O5. The van der Waals surface area contributed by atoms with E-state index in [0.717, 1.165) is 16.7 Å². The second-order valence-electron chi connectivity index (χ2n) is 10.8. The predicted octanol–water partition coefficient (Wildman–Crippen LogP) is 4.77. The monoisotopic (exact) mass is 600 g/mol. The van der Waals surface area contributed by atoms with E-state index in [1.165, 1.54) is 12.0 Å². The minimum atomic E-state index is -1.02. The highest BCUT2D eigenvalue weighted by molar-refractivity contribution is 6.30. The number of aryl methyl sites for hydroxylation is 3. The van der Waals surface area contributed by atoms with Crippen molar-refractivity contribution in [2.45, 2.75) is 45.4 Å². The van der Waals surface area contributed by atoms with Gasteiger partial charge >= 0.3 is 5.97 Å². The lowest BCUT2D eigenvalue weighted by Gasteiger charge is -2.23. The summed E-state index contributed by atoms with van der Waals surface area (Å²) in [4.78, 5) is 33.4. The fourth-order valence-corrected chi connectivity index (χ4v) is 5.78. The van der Waals surface area contributed by atoms with E-state index in [9.17, 15) is 14.7 Å². The molecule has 1 aliphatic rings. The largest absolute Gasteiger partial charge is 0.467 e. The van der Waals surface area contributed by atoms with Crippen LogP contribution in [0.1, 0.15) is 57.0 Å². The van der Waals surface area contributed by atoms with Crippen LogP contribution in [0.15, 0.2) is 59.3 Å². The maximum Gasteiger partial charge on any atom is 0.328 e. The maximum atomic E-state index is 14.3. The number of esters is 1. The first-order valence-electron chi connectivity index (χ1n) is 13.7. The van der Waals surface area contributed by atoms with Crippen LogP contribution in [0.4, 0.5) is 0 Å². The number of amides is 1. The van der Waals surface area contributed by atoms with Crippen molar-refractivity contribution in [2.24, 2.45) is 0 Å². The summed E-state index contributed by atoms with van der Waals surface area (Å²) in [5, 5.41) is 24.3. The Kier molecular flexibility index (Phi) is 7.45. The van der Waals surface area contributed by atoms with Crippen LogP contribution in [-0.4, -0.2) is 66.7 Å². The lowest BCUT2D eigenvalue weighted by Crippen LogP contribution is -2.41. The van der Waals surface area contributed by atoms with Crippen molar-refractivity contribution in [1.29, 1.82) is 0 Å². The van der Waals surface area contributed by atoms with Gasteiger partial charge in [0.15, 0.2) is 0 Å². The molecule has 2 aromatic carbocycles. The van der Waals surface area contributed by atoms with Crippen molar-refractivity contribution in [2.75, 3.05) is 13.7 Å². The lowest BCUT2D eigenvalue weighted by atomic mass is 9.99. The number of benzene rings is 2. The highest BCUT2D eigenvalue weighted by atomic mass is 35.5. The molecule has 0 radical (unpaired) electrons. The number of likely N-dealkylation sites (tertiary alicyclic amines) is 1. The minimum absolute atomic E-state index is 0.158. The molecule has 0 bridgehead atoms. The zero-order valence-electron chi connectivity index (χ0n) is 24.0. The molecule has 1 amide bonds. The number of hydrogen-bond acceptors (Lipinski definition) is 9. The first-order chi connectivity index (χ1) is 20.6. The van der Waals surface area contributed by atoms with E-state index in [1.54, 1.807) is 48.1 Å². The summed E-state index contributed by atoms with van der Waals surface area (Å²) in [5.41, 5.74) is 5.54. The van der Waals surface area contributed by atoms with E-state index in [4.69, 9.17) is 20.9 Å². The minimum Gasteiger partial charge on any atom is -0.467 e. The van der Waals surface area contributed by atoms with Crippen LogP contribution < -0.4 is 0 Å². The fourth-order valence-electron chi connectivity index (χ4n) is 5.66. The second kappa shape index (κ2) is 11.2. The quantitative estimate of drug-likeness (QED) is 0.273. The molecule has 0 spiro atoms. The number of hydrogen-bond donors (Lipinski definition) is 1. The van der Waals surface area contributed by atoms with E-state index in [2.05, 4.69) is 20.5 Å². The van der Waals surface area contributed by atoms with Gasteiger partial charge in [-0.25, -0.2) is 14.5 Å². The van der Waals surface area contributed by atoms with Gasteiger partial charge in [-0.3, -0.25) is 4.79 Å². The number of aliphatic hydroxyl groups is 1. The first kappa shape index (κ1) is 28.5. The highest BCUT2D eigenvalue weighted by Crippen LogP contribution is 2.34. The van der Waals surface area contributed by atoms with Gasteiger partial charge in [0.2, 0.25) is 0 Å². The summed E-state index contributed by atoms with van der Waals surface area (Å²) < 4.78 is 12.2. The summed E-state index contributed by atoms with van der Waals surface area (Å²) in [6.45, 7) is 5.89. The average Bonchev–Trinajstić information content (AvgIpc) is 3.75. The normalized spacial score (nSPS) is 17.4. The van der Waals surface area contributed by atoms with E-state index < -0.39 is 24.2 Å². The van der Waals surface area contributed by atoms with E-state index in [-0.39, 0.29) is 24.6 Å². The molecule has 1 saturated heterocycles. The number of methoxy groups -OCH3 is 1. The van der Waals surface area contributed by atoms with Gasteiger partial charge < -0.3 is 19.3 Å². The molecule has 3 aromatic heterocycles. The Bertz CT molecular complexity index is 1850. The van der Waals surface area contributed by atoms with Gasteiger partial charge in [0.1, 0.15) is 17.8 Å². The molecule has 220 valence electrons. The number of ether oxygens (including phenoxy) is 1. The molecule has 0 aliphatic carbocycles. The molecule has 0 saturated carbocycles. The Morgan fingerprint density at radius 3 is 2.60 bits per heavy atom. The molecule has 4 heterocycles. The Labute approximate surface area is 252 Å². The van der Waals surface area contributed by atoms with Crippen LogP contribution in [0.3, 0.4) is 0 Å². The number of aromatic nitrogens is 5. The Morgan fingerprint density at radius 2 is 1.88 bits per heavy atom. The lowest BCUT2D eigenvalue weighted by molar-refractivity contribution is -0.145. The maximum absolute atomic E-state index is 14.3. The number of carbonyl (C=O) groups excluding carboxylic acids is 2. The van der Waals surface area contributed by atoms with Crippen molar-refractivity contribution in [3.05, 3.63) is 93.4 Å². The first-order valence-corrected chi connectivity index (χ1v) is 14.1. The summed E-state index contributed by atoms with van der Waals surface area (Å²) in [5.74, 6) is -0.927. The number of rotatable bonds is 6. The molecule has 5 aromatic rings. The van der Waals surface area contributed by atoms with Crippen LogP contribution in [0, 0.1) is 20.8 Å². The topological polar surface area (TPSA) is 136 Å². The molecule has 1 aliphatic heterocycles. The molecule has 1 fully saturated rings. The smallest absolute Gasteiger partial charge is 0.328 e. The molecule has 1 unspecified atom stereocenters. The zero-order chi connectivity index (χ0) is 30.4. The predicted molar refractivity (Wildman–Crippen MR) is 157 cm³/mol. The van der Waals surface area contributed by atoms with Crippen LogP contribution in [0.25, 0.3) is 22.4 Å². The van der Waals surface area contributed by atoms with Gasteiger partial charge in [0.05, 0.1) is 41.7 Å². The van der Waals surface area contributed by atoms with Crippen molar-refractivity contribution >= 4 is 34.6 Å². The fraction of sp³-hybridized carbons (Fsp3) is 0.290. The van der Waals surface area contributed by atoms with Gasteiger partial charge in [-0.1, -0.05) is 57.9 Å². The van der Waals surface area contributed by atoms with Crippen molar-refractivity contribution in [1.82, 2.24) is 30.0 Å². The number of aliphatic hydroxyl groups excluding tert-OH is 1. The molecule has 43 heavy (non-hydrogen) atoms. The Balaban J connectivity index is 1.35. The average molecular weight is 601 g/mol. The third kappa shape index (κ3) is 5.26. The molecule has 12 heteroatoms. The summed E-state index contributed by atoms with van der Waals surface area (Å²) >= 11 is 5.98. The second-order valence-corrected chi connectivity index (χ2v) is 11.2. The number of pyridine rings is 1. The Morgan fingerprint density at radius 1 is 1.12 bits per heavy atom. The van der Waals surface area contributed by atoms with Crippen LogP contribution in [0.2, 0.25) is 5.02 Å². The number of fused-ring (bicyclic) bond motifs is 1. The van der Waals surface area contributed by atoms with Gasteiger partial charge in [-0.15, -0.1) is 5.10 Å². The standard InChI is InChI=1S/C31H29ClN6O5/c1-16-5-10-22(17(2)11-16)24-13-23(27-18(3)35-43-29(27)33-24)30(40)37-14-21(12-26(37)31(41)42-4)38-15-25(34-36-38)28(39)19-6-8-20(32)9-7-19/h5-11,13,15,21,26,28,39H,12,14H2,1-4H3/t21-,26+,28?/m1/s1. The van der Waals surface area contributed by atoms with Crippen molar-refractivity contribution in [3.8, 4) is 11.3 Å². The van der Waals surface area contributed by atoms with E-state index in [1.807, 2.05) is 32.0 Å². The summed E-state index contributed by atoms with van der Waals surface area (Å²) in [7, 11) is 1.29. The van der Waals surface area contributed by atoms with Gasteiger partial charge in [0.25, 0.3) is 11.6 Å². The Hall–Kier alpha value is -4.61. The zero-order valence-corrected chi connectivity index (χ0v) is 24.7. The highest BCUT2D eigenvalue weighted by Gasteiger charge is 2.43. The third-order valence-electron chi connectivity index (χ3n) is 7.89. The van der Waals surface area contributed by atoms with Gasteiger partial charge in [-0.05, 0) is 50.1 Å². The van der Waals surface area contributed by atoms with Crippen LogP contribution in [0.5, 0.6) is 0 Å². The van der Waals surface area contributed by atoms with Crippen LogP contribution in [-0.2, 0) is 9.53 Å². The van der Waals surface area contributed by atoms with Crippen LogP contribution >= 0.6 is 11.6 Å². The van der Waals surface area contributed by atoms with Crippen molar-refractivity contribution < 1.29 is 24.0 Å². The van der Waals surface area contributed by atoms with Crippen molar-refractivity contribution in [3.63, 3.8) is 0 Å². The SMILES string of the molecule is COC(=O)[C@@H]1C[C@@H](n2cc(C(O)c3ccc(Cl)cc3)nn2)CN1C(=O)c1cc(-c2ccc(C)cc2C)nc2onc(C)c12. The molecule has 3 atom stereocenters. The third-order valence-corrected chi connectivity index (χ3v) is 8.14. The van der Waals surface area contributed by atoms with Gasteiger partial charge in [-0.2, -0.15) is 0 Å². The molecule has 1 N–H and O–H groups in total. The molecular weight excluding hydrogens is 572 g/mol. The molecule has 6 rings (SSSR count). The molecule has 11 nitrogen and oxygen atoms in total. The van der Waals surface area contributed by atoms with E-state index in [0.29, 0.717) is 38.6 Å². The number of carbonyl (C=O) groups is 2. The van der Waals surface area contributed by atoms with Gasteiger partial charge in [0, 0.05) is 23.6 Å². The van der Waals surface area contributed by atoms with E-state index >= 15 is 0 Å². The number of halogens is 1.